The quantitative estimate of drug-likeness (QED) is 0.765. The molecule has 0 spiro atoms. The molecule has 0 amide bonds. The lowest BCUT2D eigenvalue weighted by Crippen LogP contribution is -1.97. The molecule has 0 saturated carbocycles. The van der Waals surface area contributed by atoms with Crippen molar-refractivity contribution >= 4 is 22.6 Å². The van der Waals surface area contributed by atoms with E-state index in [2.05, 4.69) is 4.98 Å². The Morgan fingerprint density at radius 1 is 1.17 bits per heavy atom. The van der Waals surface area contributed by atoms with Gasteiger partial charge in [-0.25, -0.2) is 0 Å². The molecule has 0 bridgehead atoms. The van der Waals surface area contributed by atoms with Gasteiger partial charge in [0.15, 0.2) is 5.58 Å². The summed E-state index contributed by atoms with van der Waals surface area (Å²) in [4.78, 5) is 3.92. The van der Waals surface area contributed by atoms with Crippen molar-refractivity contribution in [1.82, 2.24) is 4.98 Å². The van der Waals surface area contributed by atoms with Crippen LogP contribution in [0, 0.1) is 0 Å². The number of halogens is 1. The number of pyridine rings is 1. The second-order valence-corrected chi connectivity index (χ2v) is 4.40. The molecular weight excluding hydrogens is 250 g/mol. The molecule has 4 heteroatoms. The van der Waals surface area contributed by atoms with Crippen molar-refractivity contribution in [3.63, 3.8) is 0 Å². The van der Waals surface area contributed by atoms with Crippen molar-refractivity contribution < 1.29 is 9.52 Å². The van der Waals surface area contributed by atoms with Crippen LogP contribution in [0.1, 0.15) is 17.4 Å². The van der Waals surface area contributed by atoms with Gasteiger partial charge in [-0.1, -0.05) is 23.7 Å². The van der Waals surface area contributed by atoms with Crippen molar-refractivity contribution in [2.45, 2.75) is 6.10 Å². The van der Waals surface area contributed by atoms with Gasteiger partial charge in [0.2, 0.25) is 0 Å². The molecule has 0 aliphatic rings. The second-order valence-electron chi connectivity index (χ2n) is 3.99. The molecule has 1 atom stereocenters. The molecule has 2 aromatic heterocycles. The summed E-state index contributed by atoms with van der Waals surface area (Å²) in [6, 6.07) is 10.8. The zero-order valence-electron chi connectivity index (χ0n) is 9.38. The lowest BCUT2D eigenvalue weighted by molar-refractivity contribution is 0.192. The maximum atomic E-state index is 10.2. The molecule has 3 nitrogen and oxygen atoms in total. The largest absolute Gasteiger partial charge is 0.456 e. The molecule has 3 rings (SSSR count). The summed E-state index contributed by atoms with van der Waals surface area (Å²) in [6.45, 7) is 0. The second kappa shape index (κ2) is 4.44. The van der Waals surface area contributed by atoms with E-state index in [0.717, 1.165) is 10.9 Å². The lowest BCUT2D eigenvalue weighted by Gasteiger charge is -2.06. The highest BCUT2D eigenvalue weighted by molar-refractivity contribution is 6.34. The van der Waals surface area contributed by atoms with Crippen LogP contribution < -0.4 is 0 Å². The number of nitrogens with zero attached hydrogens (tertiary/aromatic N) is 1. The van der Waals surface area contributed by atoms with E-state index >= 15 is 0 Å². The van der Waals surface area contributed by atoms with Gasteiger partial charge in [-0.2, -0.15) is 0 Å². The number of hydrogen-bond donors (Lipinski definition) is 1. The highest BCUT2D eigenvalue weighted by Gasteiger charge is 2.16. The monoisotopic (exact) mass is 259 g/mol. The number of rotatable bonds is 2. The van der Waals surface area contributed by atoms with E-state index in [0.29, 0.717) is 16.4 Å². The summed E-state index contributed by atoms with van der Waals surface area (Å²) in [6.07, 6.45) is 2.46. The smallest absolute Gasteiger partial charge is 0.153 e. The average Bonchev–Trinajstić information content (AvgIpc) is 2.84. The Bertz CT molecular complexity index is 679. The Morgan fingerprint density at radius 3 is 2.67 bits per heavy atom. The normalized spacial score (nSPS) is 12.8. The zero-order valence-corrected chi connectivity index (χ0v) is 10.1. The first-order valence-electron chi connectivity index (χ1n) is 5.51. The van der Waals surface area contributed by atoms with Crippen molar-refractivity contribution in [3.8, 4) is 0 Å². The first-order valence-corrected chi connectivity index (χ1v) is 5.89. The fourth-order valence-corrected chi connectivity index (χ4v) is 2.11. The van der Waals surface area contributed by atoms with Gasteiger partial charge >= 0.3 is 0 Å². The number of aliphatic hydroxyl groups excluding tert-OH is 1. The summed E-state index contributed by atoms with van der Waals surface area (Å²) in [5, 5.41) is 11.6. The molecule has 0 radical (unpaired) electrons. The first-order chi connectivity index (χ1) is 8.75. The van der Waals surface area contributed by atoms with Crippen molar-refractivity contribution in [2.75, 3.05) is 0 Å². The van der Waals surface area contributed by atoms with Gasteiger partial charge in [0, 0.05) is 17.8 Å². The van der Waals surface area contributed by atoms with E-state index in [-0.39, 0.29) is 0 Å². The van der Waals surface area contributed by atoms with Gasteiger partial charge in [-0.05, 0) is 29.8 Å². The van der Waals surface area contributed by atoms with Crippen LogP contribution in [0.5, 0.6) is 0 Å². The van der Waals surface area contributed by atoms with E-state index < -0.39 is 6.10 Å². The Kier molecular flexibility index (Phi) is 2.78. The van der Waals surface area contributed by atoms with Crippen LogP contribution in [0.15, 0.2) is 53.2 Å². The molecular formula is C14H10ClNO2. The summed E-state index contributed by atoms with van der Waals surface area (Å²) in [5.74, 6) is 0.476. The highest BCUT2D eigenvalue weighted by Crippen LogP contribution is 2.31. The van der Waals surface area contributed by atoms with E-state index in [4.69, 9.17) is 16.0 Å². The van der Waals surface area contributed by atoms with Crippen LogP contribution in [0.3, 0.4) is 0 Å². The number of aromatic nitrogens is 1. The van der Waals surface area contributed by atoms with Crippen molar-refractivity contribution in [2.24, 2.45) is 0 Å². The van der Waals surface area contributed by atoms with Crippen LogP contribution in [-0.2, 0) is 0 Å². The molecule has 2 heterocycles. The Labute approximate surface area is 109 Å². The molecule has 1 unspecified atom stereocenters. The zero-order chi connectivity index (χ0) is 12.5. The van der Waals surface area contributed by atoms with Gasteiger partial charge in [-0.3, -0.25) is 4.98 Å². The van der Waals surface area contributed by atoms with Crippen LogP contribution >= 0.6 is 11.6 Å². The molecule has 0 saturated heterocycles. The van der Waals surface area contributed by atoms with E-state index in [1.54, 1.807) is 36.7 Å². The van der Waals surface area contributed by atoms with Gasteiger partial charge in [0.05, 0.1) is 5.02 Å². The number of para-hydroxylation sites is 1. The third kappa shape index (κ3) is 1.88. The van der Waals surface area contributed by atoms with Gasteiger partial charge in [0.25, 0.3) is 0 Å². The number of aliphatic hydroxyl groups is 1. The molecule has 90 valence electrons. The van der Waals surface area contributed by atoms with Gasteiger partial charge < -0.3 is 9.52 Å². The third-order valence-corrected chi connectivity index (χ3v) is 3.10. The molecule has 0 aliphatic heterocycles. The minimum atomic E-state index is -0.809. The predicted octanol–water partition coefficient (Wildman–Crippen LogP) is 3.56. The molecule has 1 aromatic carbocycles. The van der Waals surface area contributed by atoms with Crippen molar-refractivity contribution in [1.29, 1.82) is 0 Å². The summed E-state index contributed by atoms with van der Waals surface area (Å²) >= 11 is 6.04. The fourth-order valence-electron chi connectivity index (χ4n) is 1.89. The molecule has 0 fully saturated rings. The number of benzene rings is 1. The Balaban J connectivity index is 2.07. The van der Waals surface area contributed by atoms with Gasteiger partial charge in [-0.15, -0.1) is 0 Å². The minimum absolute atomic E-state index is 0.476. The van der Waals surface area contributed by atoms with Crippen LogP contribution in [-0.4, -0.2) is 10.1 Å². The van der Waals surface area contributed by atoms with Gasteiger partial charge in [0.1, 0.15) is 11.9 Å². The van der Waals surface area contributed by atoms with Crippen molar-refractivity contribution in [3.05, 3.63) is 65.1 Å². The fraction of sp³-hybridized carbons (Fsp3) is 0.0714. The number of hydrogen-bond acceptors (Lipinski definition) is 3. The van der Waals surface area contributed by atoms with Crippen LogP contribution in [0.4, 0.5) is 0 Å². The molecule has 0 aliphatic carbocycles. The first kappa shape index (κ1) is 11.3. The topological polar surface area (TPSA) is 46.3 Å². The summed E-state index contributed by atoms with van der Waals surface area (Å²) < 4.78 is 5.61. The summed E-state index contributed by atoms with van der Waals surface area (Å²) in [5.41, 5.74) is 1.34. The van der Waals surface area contributed by atoms with E-state index in [1.165, 1.54) is 0 Å². The third-order valence-electron chi connectivity index (χ3n) is 2.81. The van der Waals surface area contributed by atoms with Crippen LogP contribution in [0.25, 0.3) is 11.0 Å². The lowest BCUT2D eigenvalue weighted by atomic mass is 10.1. The molecule has 1 N–H and O–H groups in total. The SMILES string of the molecule is OC(c1ccncc1)c1cc2cccc(Cl)c2o1. The van der Waals surface area contributed by atoms with E-state index in [9.17, 15) is 5.11 Å². The van der Waals surface area contributed by atoms with E-state index in [1.807, 2.05) is 12.1 Å². The number of fused-ring (bicyclic) bond motifs is 1. The average molecular weight is 260 g/mol. The molecule has 3 aromatic rings. The highest BCUT2D eigenvalue weighted by atomic mass is 35.5. The summed E-state index contributed by atoms with van der Waals surface area (Å²) in [7, 11) is 0. The predicted molar refractivity (Wildman–Crippen MR) is 69.5 cm³/mol. The van der Waals surface area contributed by atoms with Crippen LogP contribution in [0.2, 0.25) is 5.02 Å². The Morgan fingerprint density at radius 2 is 1.94 bits per heavy atom. The Hall–Kier alpha value is -1.84. The maximum Gasteiger partial charge on any atom is 0.153 e. The minimum Gasteiger partial charge on any atom is -0.456 e. The number of furan rings is 1. The maximum absolute atomic E-state index is 10.2. The molecule has 18 heavy (non-hydrogen) atoms. The standard InChI is InChI=1S/C14H10ClNO2/c15-11-3-1-2-10-8-12(18-14(10)11)13(17)9-4-6-16-7-5-9/h1-8,13,17H.